The molecular formula is C14H19BrFNO. The lowest BCUT2D eigenvalue weighted by Gasteiger charge is -2.19. The maximum atomic E-state index is 14.0. The molecule has 1 aliphatic rings. The summed E-state index contributed by atoms with van der Waals surface area (Å²) in [5.74, 6) is -0.163. The summed E-state index contributed by atoms with van der Waals surface area (Å²) >= 11 is 3.23. The van der Waals surface area contributed by atoms with Gasteiger partial charge in [-0.3, -0.25) is 0 Å². The summed E-state index contributed by atoms with van der Waals surface area (Å²) in [4.78, 5) is 0. The van der Waals surface area contributed by atoms with Gasteiger partial charge in [-0.2, -0.15) is 0 Å². The molecule has 18 heavy (non-hydrogen) atoms. The molecule has 1 fully saturated rings. The van der Waals surface area contributed by atoms with Gasteiger partial charge in [0, 0.05) is 18.2 Å². The van der Waals surface area contributed by atoms with Crippen LogP contribution in [0.4, 0.5) is 4.39 Å². The van der Waals surface area contributed by atoms with E-state index in [9.17, 15) is 4.39 Å². The number of benzene rings is 1. The lowest BCUT2D eigenvalue weighted by molar-refractivity contribution is 0.0997. The Kier molecular flexibility index (Phi) is 5.15. The molecule has 2 atom stereocenters. The molecule has 0 radical (unpaired) electrons. The summed E-state index contributed by atoms with van der Waals surface area (Å²) in [6, 6.07) is 5.49. The topological polar surface area (TPSA) is 21.3 Å². The monoisotopic (exact) mass is 315 g/mol. The fourth-order valence-corrected chi connectivity index (χ4v) is 2.85. The van der Waals surface area contributed by atoms with Gasteiger partial charge in [0.05, 0.1) is 10.6 Å². The van der Waals surface area contributed by atoms with Gasteiger partial charge in [-0.25, -0.2) is 4.39 Å². The van der Waals surface area contributed by atoms with E-state index in [1.807, 2.05) is 19.2 Å². The molecule has 1 aliphatic heterocycles. The lowest BCUT2D eigenvalue weighted by atomic mass is 9.99. The highest BCUT2D eigenvalue weighted by Crippen LogP contribution is 2.28. The van der Waals surface area contributed by atoms with Crippen LogP contribution in [0.1, 0.15) is 37.3 Å². The minimum atomic E-state index is -0.163. The van der Waals surface area contributed by atoms with E-state index < -0.39 is 0 Å². The second kappa shape index (κ2) is 6.64. The minimum Gasteiger partial charge on any atom is -0.378 e. The molecule has 1 heterocycles. The largest absolute Gasteiger partial charge is 0.378 e. The third-order valence-electron chi connectivity index (χ3n) is 3.51. The number of hydrogen-bond acceptors (Lipinski definition) is 2. The van der Waals surface area contributed by atoms with E-state index in [0.717, 1.165) is 37.9 Å². The highest BCUT2D eigenvalue weighted by molar-refractivity contribution is 9.10. The summed E-state index contributed by atoms with van der Waals surface area (Å²) < 4.78 is 20.2. The molecule has 0 aliphatic carbocycles. The van der Waals surface area contributed by atoms with Gasteiger partial charge in [0.15, 0.2) is 0 Å². The van der Waals surface area contributed by atoms with Gasteiger partial charge in [0.1, 0.15) is 5.82 Å². The standard InChI is InChI=1S/C14H19BrFNO/c1-17-13(8-7-10-4-3-9-18-10)11-5-2-6-12(15)14(11)16/h2,5-6,10,13,17H,3-4,7-9H2,1H3. The Morgan fingerprint density at radius 1 is 1.56 bits per heavy atom. The van der Waals surface area contributed by atoms with Crippen LogP contribution in [0.15, 0.2) is 22.7 Å². The molecule has 0 amide bonds. The average Bonchev–Trinajstić information content (AvgIpc) is 2.88. The maximum Gasteiger partial charge on any atom is 0.142 e. The highest BCUT2D eigenvalue weighted by Gasteiger charge is 2.20. The Hall–Kier alpha value is -0.450. The second-order valence-corrected chi connectivity index (χ2v) is 5.55. The van der Waals surface area contributed by atoms with Crippen molar-refractivity contribution in [3.05, 3.63) is 34.1 Å². The van der Waals surface area contributed by atoms with Crippen molar-refractivity contribution in [2.75, 3.05) is 13.7 Å². The Bertz CT molecular complexity index is 393. The van der Waals surface area contributed by atoms with Crippen LogP contribution in [0, 0.1) is 5.82 Å². The molecule has 4 heteroatoms. The van der Waals surface area contributed by atoms with Crippen molar-refractivity contribution in [2.24, 2.45) is 0 Å². The van der Waals surface area contributed by atoms with Crippen LogP contribution in [-0.4, -0.2) is 19.8 Å². The number of halogens is 2. The van der Waals surface area contributed by atoms with E-state index in [2.05, 4.69) is 21.2 Å². The van der Waals surface area contributed by atoms with Crippen LogP contribution in [0.5, 0.6) is 0 Å². The van der Waals surface area contributed by atoms with Gasteiger partial charge < -0.3 is 10.1 Å². The highest BCUT2D eigenvalue weighted by atomic mass is 79.9. The van der Waals surface area contributed by atoms with E-state index in [-0.39, 0.29) is 11.9 Å². The number of ether oxygens (including phenoxy) is 1. The predicted octanol–water partition coefficient (Wildman–Crippen LogP) is 3.81. The van der Waals surface area contributed by atoms with Crippen LogP contribution in [0.2, 0.25) is 0 Å². The molecule has 0 saturated carbocycles. The van der Waals surface area contributed by atoms with Crippen molar-refractivity contribution < 1.29 is 9.13 Å². The first-order chi connectivity index (χ1) is 8.72. The van der Waals surface area contributed by atoms with Crippen molar-refractivity contribution in [1.82, 2.24) is 5.32 Å². The van der Waals surface area contributed by atoms with Crippen molar-refractivity contribution in [2.45, 2.75) is 37.8 Å². The molecule has 100 valence electrons. The summed E-state index contributed by atoms with van der Waals surface area (Å²) in [5.41, 5.74) is 0.727. The number of nitrogens with one attached hydrogen (secondary N) is 1. The third-order valence-corrected chi connectivity index (χ3v) is 4.12. The zero-order chi connectivity index (χ0) is 13.0. The van der Waals surface area contributed by atoms with E-state index in [1.54, 1.807) is 6.07 Å². The maximum absolute atomic E-state index is 14.0. The fraction of sp³-hybridized carbons (Fsp3) is 0.571. The zero-order valence-electron chi connectivity index (χ0n) is 10.6. The summed E-state index contributed by atoms with van der Waals surface area (Å²) in [5, 5.41) is 3.19. The molecule has 1 aromatic rings. The fourth-order valence-electron chi connectivity index (χ4n) is 2.47. The predicted molar refractivity (Wildman–Crippen MR) is 74.1 cm³/mol. The van der Waals surface area contributed by atoms with Crippen LogP contribution in [-0.2, 0) is 4.74 Å². The Labute approximate surface area is 116 Å². The molecule has 2 unspecified atom stereocenters. The quantitative estimate of drug-likeness (QED) is 0.892. The smallest absolute Gasteiger partial charge is 0.142 e. The van der Waals surface area contributed by atoms with E-state index in [4.69, 9.17) is 4.74 Å². The number of rotatable bonds is 5. The van der Waals surface area contributed by atoms with Gasteiger partial charge in [0.25, 0.3) is 0 Å². The van der Waals surface area contributed by atoms with Gasteiger partial charge in [0.2, 0.25) is 0 Å². The lowest BCUT2D eigenvalue weighted by Crippen LogP contribution is -2.20. The molecule has 2 rings (SSSR count). The molecule has 2 nitrogen and oxygen atoms in total. The molecule has 0 spiro atoms. The van der Waals surface area contributed by atoms with Crippen molar-refractivity contribution in [3.8, 4) is 0 Å². The number of hydrogen-bond donors (Lipinski definition) is 1. The van der Waals surface area contributed by atoms with Crippen LogP contribution in [0.25, 0.3) is 0 Å². The van der Waals surface area contributed by atoms with Crippen LogP contribution < -0.4 is 5.32 Å². The molecule has 0 aromatic heterocycles. The Balaban J connectivity index is 2.00. The Morgan fingerprint density at radius 2 is 2.39 bits per heavy atom. The summed E-state index contributed by atoms with van der Waals surface area (Å²) in [6.07, 6.45) is 4.53. The first-order valence-electron chi connectivity index (χ1n) is 6.45. The van der Waals surface area contributed by atoms with Gasteiger partial charge in [-0.15, -0.1) is 0 Å². The van der Waals surface area contributed by atoms with Crippen molar-refractivity contribution in [1.29, 1.82) is 0 Å². The molecule has 0 bridgehead atoms. The first-order valence-corrected chi connectivity index (χ1v) is 7.24. The molecular weight excluding hydrogens is 297 g/mol. The van der Waals surface area contributed by atoms with Crippen LogP contribution >= 0.6 is 15.9 Å². The average molecular weight is 316 g/mol. The van der Waals surface area contributed by atoms with Crippen molar-refractivity contribution in [3.63, 3.8) is 0 Å². The summed E-state index contributed by atoms with van der Waals surface area (Å²) in [6.45, 7) is 0.875. The van der Waals surface area contributed by atoms with Crippen LogP contribution in [0.3, 0.4) is 0 Å². The normalized spacial score (nSPS) is 21.2. The third kappa shape index (κ3) is 3.31. The second-order valence-electron chi connectivity index (χ2n) is 4.70. The van der Waals surface area contributed by atoms with E-state index >= 15 is 0 Å². The minimum absolute atomic E-state index is 0.0479. The summed E-state index contributed by atoms with van der Waals surface area (Å²) in [7, 11) is 1.88. The van der Waals surface area contributed by atoms with E-state index in [0.29, 0.717) is 10.6 Å². The van der Waals surface area contributed by atoms with Gasteiger partial charge in [-0.05, 0) is 54.7 Å². The van der Waals surface area contributed by atoms with Gasteiger partial charge >= 0.3 is 0 Å². The SMILES string of the molecule is CNC(CCC1CCCO1)c1cccc(Br)c1F. The Morgan fingerprint density at radius 3 is 3.06 bits per heavy atom. The van der Waals surface area contributed by atoms with Crippen molar-refractivity contribution >= 4 is 15.9 Å². The van der Waals surface area contributed by atoms with E-state index in [1.165, 1.54) is 0 Å². The molecule has 1 N–H and O–H groups in total. The van der Waals surface area contributed by atoms with Gasteiger partial charge in [-0.1, -0.05) is 12.1 Å². The molecule has 1 saturated heterocycles. The molecule has 1 aromatic carbocycles. The zero-order valence-corrected chi connectivity index (χ0v) is 12.2. The first kappa shape index (κ1) is 14.0.